The van der Waals surface area contributed by atoms with Gasteiger partial charge in [-0.05, 0) is 19.1 Å². The van der Waals surface area contributed by atoms with Gasteiger partial charge in [0, 0.05) is 6.54 Å². The number of ether oxygens (including phenoxy) is 2. The first-order valence-corrected chi connectivity index (χ1v) is 9.15. The Bertz CT molecular complexity index is 703. The van der Waals surface area contributed by atoms with Gasteiger partial charge in [0.1, 0.15) is 6.61 Å². The van der Waals surface area contributed by atoms with E-state index >= 15 is 0 Å². The van der Waals surface area contributed by atoms with Crippen molar-refractivity contribution in [2.75, 3.05) is 45.9 Å². The van der Waals surface area contributed by atoms with E-state index in [4.69, 9.17) is 9.47 Å². The fourth-order valence-corrected chi connectivity index (χ4v) is 3.17. The summed E-state index contributed by atoms with van der Waals surface area (Å²) < 4.78 is 11.4. The first-order chi connectivity index (χ1) is 13.1. The number of carbonyl (C=O) groups is 3. The number of imide groups is 1. The largest absolute Gasteiger partial charge is 0.485 e. The van der Waals surface area contributed by atoms with Gasteiger partial charge in [-0.3, -0.25) is 14.9 Å². The summed E-state index contributed by atoms with van der Waals surface area (Å²) in [5, 5.41) is 4.82. The monoisotopic (exact) mass is 377 g/mol. The van der Waals surface area contributed by atoms with Gasteiger partial charge in [-0.25, -0.2) is 4.79 Å². The molecule has 0 bridgehead atoms. The molecule has 1 aromatic carbocycles. The average Bonchev–Trinajstić information content (AvgIpc) is 2.67. The van der Waals surface area contributed by atoms with Crippen molar-refractivity contribution in [2.24, 2.45) is 0 Å². The number of para-hydroxylation sites is 2. The maximum Gasteiger partial charge on any atom is 0.321 e. The van der Waals surface area contributed by atoms with Crippen LogP contribution in [0, 0.1) is 0 Å². The van der Waals surface area contributed by atoms with Gasteiger partial charge >= 0.3 is 6.03 Å². The summed E-state index contributed by atoms with van der Waals surface area (Å²) in [6.45, 7) is 4.98. The maximum absolute atomic E-state index is 12.7. The van der Waals surface area contributed by atoms with Crippen LogP contribution in [0.4, 0.5) is 4.79 Å². The van der Waals surface area contributed by atoms with E-state index < -0.39 is 12.1 Å². The highest BCUT2D eigenvalue weighted by Gasteiger charge is 2.34. The Morgan fingerprint density at radius 3 is 2.59 bits per heavy atom. The van der Waals surface area contributed by atoms with Crippen molar-refractivity contribution in [3.05, 3.63) is 24.3 Å². The van der Waals surface area contributed by atoms with Gasteiger partial charge in [-0.2, -0.15) is 0 Å². The van der Waals surface area contributed by atoms with Crippen LogP contribution in [0.15, 0.2) is 24.3 Å². The Hall–Kier alpha value is -2.81. The minimum atomic E-state index is -0.650. The third-order valence-corrected chi connectivity index (χ3v) is 4.57. The Morgan fingerprint density at radius 1 is 1.19 bits per heavy atom. The molecule has 1 atom stereocenters. The quantitative estimate of drug-likeness (QED) is 0.587. The van der Waals surface area contributed by atoms with Crippen LogP contribution in [0.2, 0.25) is 0 Å². The van der Waals surface area contributed by atoms with Crippen molar-refractivity contribution >= 4 is 17.8 Å². The number of nitrogens with zero attached hydrogens (tertiary/aromatic N) is 1. The predicted octanol–water partition coefficient (Wildman–Crippen LogP) is -1.60. The number of amides is 4. The summed E-state index contributed by atoms with van der Waals surface area (Å²) in [5.41, 5.74) is 0. The average molecular weight is 377 g/mol. The van der Waals surface area contributed by atoms with Crippen LogP contribution in [0.1, 0.15) is 6.92 Å². The van der Waals surface area contributed by atoms with Crippen molar-refractivity contribution in [1.82, 2.24) is 15.5 Å². The maximum atomic E-state index is 12.7. The van der Waals surface area contributed by atoms with Crippen LogP contribution in [-0.2, 0) is 9.59 Å². The van der Waals surface area contributed by atoms with Crippen molar-refractivity contribution in [2.45, 2.75) is 13.0 Å². The van der Waals surface area contributed by atoms with Crippen molar-refractivity contribution in [3.63, 3.8) is 0 Å². The molecule has 0 radical (unpaired) electrons. The van der Waals surface area contributed by atoms with Crippen LogP contribution in [0.3, 0.4) is 0 Å². The van der Waals surface area contributed by atoms with E-state index in [1.165, 1.54) is 0 Å². The molecule has 4 amide bonds. The Kier molecular flexibility index (Phi) is 6.12. The highest BCUT2D eigenvalue weighted by atomic mass is 16.6. The zero-order valence-corrected chi connectivity index (χ0v) is 15.3. The SMILES string of the molecule is CCNC(=O)NC(=O)C[NH+]1CCN(C(=O)[C@@H]2COc3ccccc3O2)CC1. The highest BCUT2D eigenvalue weighted by molar-refractivity contribution is 5.94. The van der Waals surface area contributed by atoms with E-state index in [1.807, 2.05) is 18.2 Å². The molecule has 0 spiro atoms. The zero-order chi connectivity index (χ0) is 19.2. The molecule has 1 saturated heterocycles. The summed E-state index contributed by atoms with van der Waals surface area (Å²) in [6.07, 6.45) is -0.650. The molecule has 0 aliphatic carbocycles. The number of benzene rings is 1. The lowest BCUT2D eigenvalue weighted by atomic mass is 10.2. The third-order valence-electron chi connectivity index (χ3n) is 4.57. The Morgan fingerprint density at radius 2 is 1.89 bits per heavy atom. The molecule has 0 unspecified atom stereocenters. The van der Waals surface area contributed by atoms with Crippen LogP contribution in [0.5, 0.6) is 11.5 Å². The summed E-state index contributed by atoms with van der Waals surface area (Å²) >= 11 is 0. The number of quaternary nitrogens is 1. The normalized spacial score (nSPS) is 19.3. The van der Waals surface area contributed by atoms with Crippen LogP contribution < -0.4 is 25.0 Å². The van der Waals surface area contributed by atoms with Crippen LogP contribution in [-0.4, -0.2) is 74.7 Å². The number of hydrogen-bond acceptors (Lipinski definition) is 5. The van der Waals surface area contributed by atoms with Crippen LogP contribution >= 0.6 is 0 Å². The molecule has 3 rings (SSSR count). The molecule has 3 N–H and O–H groups in total. The van der Waals surface area contributed by atoms with Crippen molar-refractivity contribution < 1.29 is 28.8 Å². The number of hydrogen-bond donors (Lipinski definition) is 3. The van der Waals surface area contributed by atoms with Gasteiger partial charge < -0.3 is 24.6 Å². The second kappa shape index (κ2) is 8.72. The van der Waals surface area contributed by atoms with Gasteiger partial charge in [0.2, 0.25) is 6.10 Å². The van der Waals surface area contributed by atoms with Gasteiger partial charge in [-0.15, -0.1) is 0 Å². The summed E-state index contributed by atoms with van der Waals surface area (Å²) in [6, 6.07) is 6.80. The van der Waals surface area contributed by atoms with E-state index in [9.17, 15) is 14.4 Å². The molecule has 2 heterocycles. The van der Waals surface area contributed by atoms with E-state index in [-0.39, 0.29) is 25.0 Å². The highest BCUT2D eigenvalue weighted by Crippen LogP contribution is 2.31. The summed E-state index contributed by atoms with van der Waals surface area (Å²) in [7, 11) is 0. The van der Waals surface area contributed by atoms with E-state index in [0.717, 1.165) is 4.90 Å². The van der Waals surface area contributed by atoms with E-state index in [2.05, 4.69) is 10.6 Å². The zero-order valence-electron chi connectivity index (χ0n) is 15.3. The second-order valence-corrected chi connectivity index (χ2v) is 6.52. The molecular formula is C18H25N4O5+. The molecule has 2 aliphatic rings. The third kappa shape index (κ3) is 4.88. The number of piperazine rings is 1. The number of nitrogens with one attached hydrogen (secondary N) is 3. The molecule has 27 heavy (non-hydrogen) atoms. The molecule has 0 aromatic heterocycles. The Balaban J connectivity index is 1.44. The minimum absolute atomic E-state index is 0.102. The lowest BCUT2D eigenvalue weighted by Gasteiger charge is -2.35. The molecule has 9 heteroatoms. The fourth-order valence-electron chi connectivity index (χ4n) is 3.17. The number of rotatable bonds is 4. The summed E-state index contributed by atoms with van der Waals surface area (Å²) in [4.78, 5) is 38.7. The van der Waals surface area contributed by atoms with E-state index in [1.54, 1.807) is 17.9 Å². The standard InChI is InChI=1S/C18H24N4O5/c1-2-19-18(25)20-16(23)11-21-7-9-22(10-8-21)17(24)15-12-26-13-5-3-4-6-14(13)27-15/h3-6,15H,2,7-12H2,1H3,(H2,19,20,23,25)/p+1/t15-/m0/s1. The lowest BCUT2D eigenvalue weighted by molar-refractivity contribution is -0.896. The van der Waals surface area contributed by atoms with Gasteiger partial charge in [0.25, 0.3) is 11.8 Å². The molecule has 9 nitrogen and oxygen atoms in total. The molecule has 2 aliphatic heterocycles. The molecular weight excluding hydrogens is 352 g/mol. The smallest absolute Gasteiger partial charge is 0.321 e. The predicted molar refractivity (Wildman–Crippen MR) is 95.7 cm³/mol. The number of carbonyl (C=O) groups excluding carboxylic acids is 3. The van der Waals surface area contributed by atoms with Crippen LogP contribution in [0.25, 0.3) is 0 Å². The summed E-state index contributed by atoms with van der Waals surface area (Å²) in [5.74, 6) is 0.800. The minimum Gasteiger partial charge on any atom is -0.485 e. The molecule has 0 saturated carbocycles. The van der Waals surface area contributed by atoms with Crippen molar-refractivity contribution in [1.29, 1.82) is 0 Å². The Labute approximate surface area is 157 Å². The number of urea groups is 1. The lowest BCUT2D eigenvalue weighted by Crippen LogP contribution is -3.16. The second-order valence-electron chi connectivity index (χ2n) is 6.52. The van der Waals surface area contributed by atoms with E-state index in [0.29, 0.717) is 44.2 Å². The molecule has 1 aromatic rings. The van der Waals surface area contributed by atoms with Gasteiger partial charge in [-0.1, -0.05) is 12.1 Å². The first-order valence-electron chi connectivity index (χ1n) is 9.15. The van der Waals surface area contributed by atoms with Gasteiger partial charge in [0.15, 0.2) is 18.0 Å². The van der Waals surface area contributed by atoms with Gasteiger partial charge in [0.05, 0.1) is 26.2 Å². The topological polar surface area (TPSA) is 101 Å². The van der Waals surface area contributed by atoms with Crippen molar-refractivity contribution in [3.8, 4) is 11.5 Å². The fraction of sp³-hybridized carbons (Fsp3) is 0.500. The molecule has 1 fully saturated rings. The first kappa shape index (κ1) is 19.0. The molecule has 146 valence electrons. The number of fused-ring (bicyclic) bond motifs is 1.